The summed E-state index contributed by atoms with van der Waals surface area (Å²) < 4.78 is 0. The number of nitrogens with zero attached hydrogens (tertiary/aromatic N) is 1. The van der Waals surface area contributed by atoms with Crippen molar-refractivity contribution in [3.05, 3.63) is 34.9 Å². The van der Waals surface area contributed by atoms with Gasteiger partial charge in [0.1, 0.15) is 5.71 Å². The molecule has 1 aromatic carbocycles. The number of carbonyl (C=O) groups excluding carboxylic acids is 1. The standard InChI is InChI=1S/C14H17NO/c1-9(2)14(16)13-12-8-10(3)4-5-11(12)6-7-15-13/h4-5,8-9H,6-7H2,1-3H3. The Hall–Kier alpha value is -1.44. The van der Waals surface area contributed by atoms with Gasteiger partial charge in [0.25, 0.3) is 0 Å². The van der Waals surface area contributed by atoms with E-state index < -0.39 is 0 Å². The summed E-state index contributed by atoms with van der Waals surface area (Å²) >= 11 is 0. The van der Waals surface area contributed by atoms with Crippen LogP contribution in [0.5, 0.6) is 0 Å². The first-order valence-corrected chi connectivity index (χ1v) is 5.78. The SMILES string of the molecule is Cc1ccc2c(c1)C(C(=O)C(C)C)=NCC2. The van der Waals surface area contributed by atoms with Gasteiger partial charge >= 0.3 is 0 Å². The maximum absolute atomic E-state index is 12.0. The molecule has 0 aromatic heterocycles. The molecule has 84 valence electrons. The fourth-order valence-corrected chi connectivity index (χ4v) is 1.99. The van der Waals surface area contributed by atoms with Gasteiger partial charge in [0.05, 0.1) is 0 Å². The lowest BCUT2D eigenvalue weighted by Crippen LogP contribution is -2.25. The minimum atomic E-state index is 0.0187. The number of fused-ring (bicyclic) bond motifs is 1. The number of benzene rings is 1. The molecule has 0 aliphatic carbocycles. The van der Waals surface area contributed by atoms with Crippen LogP contribution in [0.4, 0.5) is 0 Å². The molecule has 1 aromatic rings. The van der Waals surface area contributed by atoms with Gasteiger partial charge in [-0.05, 0) is 25.0 Å². The Balaban J connectivity index is 2.47. The molecule has 0 unspecified atom stereocenters. The Kier molecular flexibility index (Phi) is 2.90. The maximum Gasteiger partial charge on any atom is 0.183 e. The zero-order valence-electron chi connectivity index (χ0n) is 10.1. The molecule has 0 amide bonds. The van der Waals surface area contributed by atoms with Gasteiger partial charge in [-0.15, -0.1) is 0 Å². The van der Waals surface area contributed by atoms with Crippen LogP contribution in [-0.4, -0.2) is 18.0 Å². The predicted octanol–water partition coefficient (Wildman–Crippen LogP) is 2.57. The van der Waals surface area contributed by atoms with E-state index in [1.165, 1.54) is 11.1 Å². The monoisotopic (exact) mass is 215 g/mol. The maximum atomic E-state index is 12.0. The molecule has 1 heterocycles. The van der Waals surface area contributed by atoms with Gasteiger partial charge in [-0.2, -0.15) is 0 Å². The largest absolute Gasteiger partial charge is 0.292 e. The normalized spacial score (nSPS) is 14.6. The molecule has 16 heavy (non-hydrogen) atoms. The first kappa shape index (κ1) is 11.1. The van der Waals surface area contributed by atoms with Crippen molar-refractivity contribution in [1.82, 2.24) is 0 Å². The van der Waals surface area contributed by atoms with E-state index in [1.807, 2.05) is 20.8 Å². The average molecular weight is 215 g/mol. The number of hydrogen-bond acceptors (Lipinski definition) is 2. The van der Waals surface area contributed by atoms with Gasteiger partial charge in [-0.3, -0.25) is 9.79 Å². The third kappa shape index (κ3) is 1.92. The third-order valence-electron chi connectivity index (χ3n) is 2.93. The second-order valence-corrected chi connectivity index (χ2v) is 4.66. The minimum absolute atomic E-state index is 0.0187. The highest BCUT2D eigenvalue weighted by Crippen LogP contribution is 2.19. The van der Waals surface area contributed by atoms with Crippen molar-refractivity contribution >= 4 is 11.5 Å². The van der Waals surface area contributed by atoms with E-state index in [9.17, 15) is 4.79 Å². The zero-order chi connectivity index (χ0) is 11.7. The van der Waals surface area contributed by atoms with Crippen molar-refractivity contribution in [2.24, 2.45) is 10.9 Å². The van der Waals surface area contributed by atoms with Crippen LogP contribution in [0.2, 0.25) is 0 Å². The Morgan fingerprint density at radius 2 is 2.12 bits per heavy atom. The molecular formula is C14H17NO. The summed E-state index contributed by atoms with van der Waals surface area (Å²) in [5.41, 5.74) is 4.17. The lowest BCUT2D eigenvalue weighted by molar-refractivity contribution is -0.115. The lowest BCUT2D eigenvalue weighted by Gasteiger charge is -2.17. The molecule has 1 aliphatic heterocycles. The second-order valence-electron chi connectivity index (χ2n) is 4.66. The van der Waals surface area contributed by atoms with Crippen LogP contribution in [0.25, 0.3) is 0 Å². The summed E-state index contributed by atoms with van der Waals surface area (Å²) in [5.74, 6) is 0.178. The van der Waals surface area contributed by atoms with Crippen LogP contribution in [0.15, 0.2) is 23.2 Å². The summed E-state index contributed by atoms with van der Waals surface area (Å²) in [7, 11) is 0. The van der Waals surface area contributed by atoms with E-state index in [0.29, 0.717) is 5.71 Å². The number of ketones is 1. The molecule has 0 bridgehead atoms. The number of aliphatic imine (C=N–C) groups is 1. The van der Waals surface area contributed by atoms with Gasteiger partial charge in [0, 0.05) is 18.0 Å². The highest BCUT2D eigenvalue weighted by Gasteiger charge is 2.22. The van der Waals surface area contributed by atoms with Crippen LogP contribution in [-0.2, 0) is 11.2 Å². The van der Waals surface area contributed by atoms with Gasteiger partial charge in [-0.1, -0.05) is 31.5 Å². The summed E-state index contributed by atoms with van der Waals surface area (Å²) in [6.07, 6.45) is 0.949. The molecule has 0 radical (unpaired) electrons. The quantitative estimate of drug-likeness (QED) is 0.745. The van der Waals surface area contributed by atoms with Crippen LogP contribution in [0.1, 0.15) is 30.5 Å². The van der Waals surface area contributed by atoms with Gasteiger partial charge < -0.3 is 0 Å². The molecule has 2 nitrogen and oxygen atoms in total. The third-order valence-corrected chi connectivity index (χ3v) is 2.93. The van der Waals surface area contributed by atoms with Crippen LogP contribution in [0, 0.1) is 12.8 Å². The predicted molar refractivity (Wildman–Crippen MR) is 66.1 cm³/mol. The molecule has 0 N–H and O–H groups in total. The molecule has 0 spiro atoms. The van der Waals surface area contributed by atoms with Crippen molar-refractivity contribution in [1.29, 1.82) is 0 Å². The number of aryl methyl sites for hydroxylation is 1. The second kappa shape index (κ2) is 4.20. The van der Waals surface area contributed by atoms with Crippen LogP contribution in [0.3, 0.4) is 0 Å². The van der Waals surface area contributed by atoms with E-state index in [0.717, 1.165) is 18.5 Å². The first-order chi connectivity index (χ1) is 7.59. The summed E-state index contributed by atoms with van der Waals surface area (Å²) in [6, 6.07) is 6.29. The van der Waals surface area contributed by atoms with Crippen molar-refractivity contribution in [3.8, 4) is 0 Å². The number of carbonyl (C=O) groups is 1. The number of hydrogen-bond donors (Lipinski definition) is 0. The van der Waals surface area contributed by atoms with Crippen LogP contribution >= 0.6 is 0 Å². The van der Waals surface area contributed by atoms with E-state index in [4.69, 9.17) is 0 Å². The molecule has 0 fully saturated rings. The molecule has 0 saturated carbocycles. The van der Waals surface area contributed by atoms with Gasteiger partial charge in [0.15, 0.2) is 5.78 Å². The van der Waals surface area contributed by atoms with Crippen molar-refractivity contribution in [2.45, 2.75) is 27.2 Å². The Labute approximate surface area is 96.4 Å². The lowest BCUT2D eigenvalue weighted by atomic mass is 9.90. The Bertz CT molecular complexity index is 458. The zero-order valence-corrected chi connectivity index (χ0v) is 10.1. The molecule has 2 heteroatoms. The molecule has 0 atom stereocenters. The Morgan fingerprint density at radius 3 is 2.81 bits per heavy atom. The highest BCUT2D eigenvalue weighted by atomic mass is 16.1. The topological polar surface area (TPSA) is 29.4 Å². The minimum Gasteiger partial charge on any atom is -0.292 e. The first-order valence-electron chi connectivity index (χ1n) is 5.78. The number of rotatable bonds is 2. The van der Waals surface area contributed by atoms with Crippen molar-refractivity contribution in [2.75, 3.05) is 6.54 Å². The fraction of sp³-hybridized carbons (Fsp3) is 0.429. The molecule has 2 rings (SSSR count). The van der Waals surface area contributed by atoms with Crippen molar-refractivity contribution in [3.63, 3.8) is 0 Å². The molecular weight excluding hydrogens is 198 g/mol. The van der Waals surface area contributed by atoms with E-state index in [2.05, 4.69) is 23.2 Å². The van der Waals surface area contributed by atoms with E-state index in [1.54, 1.807) is 0 Å². The molecule has 0 saturated heterocycles. The Morgan fingerprint density at radius 1 is 1.38 bits per heavy atom. The molecule has 1 aliphatic rings. The van der Waals surface area contributed by atoms with E-state index >= 15 is 0 Å². The average Bonchev–Trinajstić information content (AvgIpc) is 2.27. The van der Waals surface area contributed by atoms with Gasteiger partial charge in [-0.25, -0.2) is 0 Å². The number of Topliss-reactive ketones (excluding diaryl/α,β-unsaturated/α-hetero) is 1. The van der Waals surface area contributed by atoms with E-state index in [-0.39, 0.29) is 11.7 Å². The van der Waals surface area contributed by atoms with Gasteiger partial charge in [0.2, 0.25) is 0 Å². The fourth-order valence-electron chi connectivity index (χ4n) is 1.99. The smallest absolute Gasteiger partial charge is 0.183 e. The summed E-state index contributed by atoms with van der Waals surface area (Å²) in [6.45, 7) is 6.64. The van der Waals surface area contributed by atoms with Crippen molar-refractivity contribution < 1.29 is 4.79 Å². The van der Waals surface area contributed by atoms with Crippen LogP contribution < -0.4 is 0 Å². The highest BCUT2D eigenvalue weighted by molar-refractivity contribution is 6.47. The summed E-state index contributed by atoms with van der Waals surface area (Å²) in [5, 5.41) is 0. The summed E-state index contributed by atoms with van der Waals surface area (Å²) in [4.78, 5) is 16.4.